The molecule has 1 aromatic rings. The number of benzene rings is 1. The van der Waals surface area contributed by atoms with Crippen molar-refractivity contribution in [3.05, 3.63) is 35.9 Å². The Morgan fingerprint density at radius 2 is 1.79 bits per heavy atom. The van der Waals surface area contributed by atoms with E-state index in [1.807, 2.05) is 0 Å². The van der Waals surface area contributed by atoms with E-state index in [0.29, 0.717) is 0 Å². The standard InChI is InChI=1S/C14H22/c1-3-8-13(2)9-7-12-14-10-5-4-6-11-14/h4-6,10-11,13H,3,7-9,12H2,1-2H3. The molecular formula is C14H22. The molecule has 0 aliphatic heterocycles. The Kier molecular flexibility index (Phi) is 5.36. The first-order chi connectivity index (χ1) is 6.83. The van der Waals surface area contributed by atoms with Crippen molar-refractivity contribution >= 4 is 0 Å². The van der Waals surface area contributed by atoms with Gasteiger partial charge >= 0.3 is 0 Å². The molecule has 1 rings (SSSR count). The summed E-state index contributed by atoms with van der Waals surface area (Å²) < 4.78 is 0. The van der Waals surface area contributed by atoms with E-state index in [-0.39, 0.29) is 0 Å². The summed E-state index contributed by atoms with van der Waals surface area (Å²) in [6, 6.07) is 10.8. The molecule has 0 amide bonds. The minimum absolute atomic E-state index is 0.906. The van der Waals surface area contributed by atoms with Gasteiger partial charge in [0.15, 0.2) is 0 Å². The van der Waals surface area contributed by atoms with Gasteiger partial charge in [-0.2, -0.15) is 0 Å². The van der Waals surface area contributed by atoms with Crippen LogP contribution in [0.3, 0.4) is 0 Å². The van der Waals surface area contributed by atoms with Gasteiger partial charge in [-0.15, -0.1) is 0 Å². The van der Waals surface area contributed by atoms with E-state index in [0.717, 1.165) is 5.92 Å². The van der Waals surface area contributed by atoms with Crippen molar-refractivity contribution in [1.29, 1.82) is 0 Å². The SMILES string of the molecule is CCCC(C)CCCc1ccccc1. The van der Waals surface area contributed by atoms with Crippen molar-refractivity contribution in [3.63, 3.8) is 0 Å². The normalized spacial score (nSPS) is 12.7. The van der Waals surface area contributed by atoms with Crippen LogP contribution in [0.25, 0.3) is 0 Å². The Hall–Kier alpha value is -0.780. The Balaban J connectivity index is 2.16. The van der Waals surface area contributed by atoms with Crippen molar-refractivity contribution in [2.45, 2.75) is 46.0 Å². The average Bonchev–Trinajstić information content (AvgIpc) is 2.20. The molecule has 78 valence electrons. The van der Waals surface area contributed by atoms with Gasteiger partial charge in [0.05, 0.1) is 0 Å². The average molecular weight is 190 g/mol. The molecule has 0 N–H and O–H groups in total. The lowest BCUT2D eigenvalue weighted by Crippen LogP contribution is -1.95. The molecule has 0 aliphatic rings. The largest absolute Gasteiger partial charge is 0.0654 e. The summed E-state index contributed by atoms with van der Waals surface area (Å²) in [6.45, 7) is 4.64. The summed E-state index contributed by atoms with van der Waals surface area (Å²) in [5.74, 6) is 0.906. The summed E-state index contributed by atoms with van der Waals surface area (Å²) in [4.78, 5) is 0. The summed E-state index contributed by atoms with van der Waals surface area (Å²) in [5.41, 5.74) is 1.48. The fourth-order valence-corrected chi connectivity index (χ4v) is 1.94. The zero-order chi connectivity index (χ0) is 10.2. The summed E-state index contributed by atoms with van der Waals surface area (Å²) in [7, 11) is 0. The van der Waals surface area contributed by atoms with Crippen LogP contribution in [0.1, 0.15) is 45.1 Å². The molecule has 0 radical (unpaired) electrons. The molecule has 14 heavy (non-hydrogen) atoms. The van der Waals surface area contributed by atoms with Gasteiger partial charge in [-0.3, -0.25) is 0 Å². The zero-order valence-electron chi connectivity index (χ0n) is 9.50. The minimum atomic E-state index is 0.906. The van der Waals surface area contributed by atoms with Gasteiger partial charge in [0, 0.05) is 0 Å². The number of hydrogen-bond donors (Lipinski definition) is 0. The van der Waals surface area contributed by atoms with Crippen LogP contribution < -0.4 is 0 Å². The van der Waals surface area contributed by atoms with Gasteiger partial charge in [-0.1, -0.05) is 63.4 Å². The quantitative estimate of drug-likeness (QED) is 0.622. The molecule has 0 heterocycles. The highest BCUT2D eigenvalue weighted by atomic mass is 14.1. The molecule has 0 aromatic heterocycles. The molecule has 1 unspecified atom stereocenters. The molecule has 0 nitrogen and oxygen atoms in total. The van der Waals surface area contributed by atoms with Crippen LogP contribution in [0.15, 0.2) is 30.3 Å². The lowest BCUT2D eigenvalue weighted by molar-refractivity contribution is 0.469. The van der Waals surface area contributed by atoms with E-state index in [4.69, 9.17) is 0 Å². The second-order valence-electron chi connectivity index (χ2n) is 4.27. The molecule has 0 saturated heterocycles. The topological polar surface area (TPSA) is 0 Å². The monoisotopic (exact) mass is 190 g/mol. The highest BCUT2D eigenvalue weighted by molar-refractivity contribution is 5.14. The van der Waals surface area contributed by atoms with E-state index in [1.54, 1.807) is 0 Å². The molecule has 1 atom stereocenters. The van der Waals surface area contributed by atoms with E-state index in [2.05, 4.69) is 44.2 Å². The summed E-state index contributed by atoms with van der Waals surface area (Å²) >= 11 is 0. The van der Waals surface area contributed by atoms with E-state index in [1.165, 1.54) is 37.7 Å². The lowest BCUT2D eigenvalue weighted by atomic mass is 9.97. The van der Waals surface area contributed by atoms with Crippen LogP contribution in [-0.4, -0.2) is 0 Å². The molecule has 0 fully saturated rings. The smallest absolute Gasteiger partial charge is 0.0279 e. The van der Waals surface area contributed by atoms with Crippen molar-refractivity contribution in [1.82, 2.24) is 0 Å². The third kappa shape index (κ3) is 4.45. The van der Waals surface area contributed by atoms with Crippen LogP contribution in [0.5, 0.6) is 0 Å². The molecule has 0 spiro atoms. The third-order valence-electron chi connectivity index (χ3n) is 2.79. The minimum Gasteiger partial charge on any atom is -0.0654 e. The summed E-state index contributed by atoms with van der Waals surface area (Å²) in [5, 5.41) is 0. The Bertz CT molecular complexity index is 225. The number of rotatable bonds is 6. The van der Waals surface area contributed by atoms with Gasteiger partial charge in [-0.05, 0) is 24.3 Å². The maximum absolute atomic E-state index is 2.37. The van der Waals surface area contributed by atoms with Gasteiger partial charge < -0.3 is 0 Å². The van der Waals surface area contributed by atoms with Crippen molar-refractivity contribution in [2.75, 3.05) is 0 Å². The molecule has 0 bridgehead atoms. The maximum atomic E-state index is 2.37. The Morgan fingerprint density at radius 1 is 1.07 bits per heavy atom. The molecule has 0 saturated carbocycles. The van der Waals surface area contributed by atoms with Gasteiger partial charge in [0.25, 0.3) is 0 Å². The predicted octanol–water partition coefficient (Wildman–Crippen LogP) is 4.45. The number of hydrogen-bond acceptors (Lipinski definition) is 0. The molecule has 1 aromatic carbocycles. The maximum Gasteiger partial charge on any atom is -0.0279 e. The van der Waals surface area contributed by atoms with Crippen molar-refractivity contribution < 1.29 is 0 Å². The van der Waals surface area contributed by atoms with E-state index < -0.39 is 0 Å². The number of aryl methyl sites for hydroxylation is 1. The van der Waals surface area contributed by atoms with Crippen LogP contribution in [0.4, 0.5) is 0 Å². The first-order valence-electron chi connectivity index (χ1n) is 5.87. The fraction of sp³-hybridized carbons (Fsp3) is 0.571. The third-order valence-corrected chi connectivity index (χ3v) is 2.79. The first-order valence-corrected chi connectivity index (χ1v) is 5.87. The zero-order valence-corrected chi connectivity index (χ0v) is 9.50. The fourth-order valence-electron chi connectivity index (χ4n) is 1.94. The second-order valence-corrected chi connectivity index (χ2v) is 4.27. The molecule has 0 aliphatic carbocycles. The van der Waals surface area contributed by atoms with Crippen molar-refractivity contribution in [3.8, 4) is 0 Å². The Morgan fingerprint density at radius 3 is 2.43 bits per heavy atom. The molecular weight excluding hydrogens is 168 g/mol. The van der Waals surface area contributed by atoms with E-state index >= 15 is 0 Å². The van der Waals surface area contributed by atoms with Gasteiger partial charge in [-0.25, -0.2) is 0 Å². The van der Waals surface area contributed by atoms with Gasteiger partial charge in [0.2, 0.25) is 0 Å². The Labute approximate surface area is 88.4 Å². The second kappa shape index (κ2) is 6.64. The van der Waals surface area contributed by atoms with Crippen LogP contribution in [0.2, 0.25) is 0 Å². The van der Waals surface area contributed by atoms with E-state index in [9.17, 15) is 0 Å². The van der Waals surface area contributed by atoms with Gasteiger partial charge in [0.1, 0.15) is 0 Å². The van der Waals surface area contributed by atoms with Crippen LogP contribution in [0, 0.1) is 5.92 Å². The van der Waals surface area contributed by atoms with Crippen LogP contribution in [-0.2, 0) is 6.42 Å². The lowest BCUT2D eigenvalue weighted by Gasteiger charge is -2.09. The first kappa shape index (κ1) is 11.3. The van der Waals surface area contributed by atoms with Crippen molar-refractivity contribution in [2.24, 2.45) is 5.92 Å². The predicted molar refractivity (Wildman–Crippen MR) is 63.5 cm³/mol. The van der Waals surface area contributed by atoms with Crippen LogP contribution >= 0.6 is 0 Å². The highest BCUT2D eigenvalue weighted by Gasteiger charge is 2.00. The summed E-state index contributed by atoms with van der Waals surface area (Å²) in [6.07, 6.45) is 6.67. The highest BCUT2D eigenvalue weighted by Crippen LogP contribution is 2.14. The molecule has 0 heteroatoms.